The maximum Gasteiger partial charge on any atom is 0.311 e. The zero-order valence-corrected chi connectivity index (χ0v) is 25.5. The van der Waals surface area contributed by atoms with Gasteiger partial charge in [-0.25, -0.2) is 4.58 Å². The first kappa shape index (κ1) is 30.1. The summed E-state index contributed by atoms with van der Waals surface area (Å²) in [7, 11) is 2.04. The molecule has 0 amide bonds. The first-order valence-corrected chi connectivity index (χ1v) is 14.3. The highest BCUT2D eigenvalue weighted by atomic mass is 16.5. The zero-order valence-electron chi connectivity index (χ0n) is 25.5. The Bertz CT molecular complexity index is 1300. The van der Waals surface area contributed by atoms with Gasteiger partial charge in [-0.15, -0.1) is 0 Å². The predicted octanol–water partition coefficient (Wildman–Crippen LogP) is 7.45. The fourth-order valence-electron chi connectivity index (χ4n) is 4.89. The Morgan fingerprint density at radius 2 is 1.46 bits per heavy atom. The van der Waals surface area contributed by atoms with Crippen molar-refractivity contribution >= 4 is 22.9 Å². The van der Waals surface area contributed by atoms with Crippen molar-refractivity contribution in [3.8, 4) is 0 Å². The molecule has 0 radical (unpaired) electrons. The van der Waals surface area contributed by atoms with Crippen LogP contribution >= 0.6 is 0 Å². The topological polar surface area (TPSA) is 32.5 Å². The van der Waals surface area contributed by atoms with E-state index in [0.29, 0.717) is 13.2 Å². The van der Waals surface area contributed by atoms with Crippen molar-refractivity contribution in [1.29, 1.82) is 0 Å². The quantitative estimate of drug-likeness (QED) is 0.238. The van der Waals surface area contributed by atoms with Crippen LogP contribution in [0.1, 0.15) is 68.9 Å². The number of rotatable bonds is 10. The van der Waals surface area contributed by atoms with E-state index in [4.69, 9.17) is 4.74 Å². The third kappa shape index (κ3) is 7.17. The molecule has 1 aliphatic rings. The van der Waals surface area contributed by atoms with E-state index >= 15 is 0 Å². The molecule has 0 saturated carbocycles. The smallest absolute Gasteiger partial charge is 0.311 e. The first-order chi connectivity index (χ1) is 18.5. The molecule has 2 aromatic carbocycles. The van der Waals surface area contributed by atoms with Crippen LogP contribution in [0.2, 0.25) is 0 Å². The van der Waals surface area contributed by atoms with Crippen LogP contribution in [0.5, 0.6) is 0 Å². The Hall–Kier alpha value is -3.40. The summed E-state index contributed by atoms with van der Waals surface area (Å²) in [5, 5.41) is 0. The number of hydrogen-bond donors (Lipinski definition) is 0. The number of hydrogen-bond acceptors (Lipinski definition) is 3. The van der Waals surface area contributed by atoms with Crippen LogP contribution in [0.25, 0.3) is 5.57 Å². The minimum Gasteiger partial charge on any atom is -0.459 e. The average Bonchev–Trinajstić information content (AvgIpc) is 2.91. The van der Waals surface area contributed by atoms with Gasteiger partial charge in [0, 0.05) is 30.9 Å². The highest BCUT2D eigenvalue weighted by Gasteiger charge is 2.27. The molecule has 208 valence electrons. The fourth-order valence-corrected chi connectivity index (χ4v) is 4.89. The van der Waals surface area contributed by atoms with Crippen LogP contribution < -0.4 is 4.90 Å². The molecule has 0 aliphatic heterocycles. The van der Waals surface area contributed by atoms with E-state index in [9.17, 15) is 4.79 Å². The number of carbonyl (C=O) groups is 1. The number of carbonyl (C=O) groups excluding carboxylic acids is 1. The van der Waals surface area contributed by atoms with E-state index in [0.717, 1.165) is 25.2 Å². The molecule has 0 N–H and O–H groups in total. The van der Waals surface area contributed by atoms with Gasteiger partial charge in [-0.05, 0) is 113 Å². The van der Waals surface area contributed by atoms with Gasteiger partial charge >= 0.3 is 5.97 Å². The van der Waals surface area contributed by atoms with Crippen molar-refractivity contribution in [1.82, 2.24) is 0 Å². The Morgan fingerprint density at radius 1 is 0.872 bits per heavy atom. The van der Waals surface area contributed by atoms with E-state index < -0.39 is 5.41 Å². The maximum atomic E-state index is 12.3. The third-order valence-electron chi connectivity index (χ3n) is 7.95. The van der Waals surface area contributed by atoms with Crippen molar-refractivity contribution in [2.24, 2.45) is 5.41 Å². The molecule has 0 unspecified atom stereocenters. The molecular formula is C35H47N2O2+. The van der Waals surface area contributed by atoms with Crippen molar-refractivity contribution in [3.05, 3.63) is 94.1 Å². The molecule has 39 heavy (non-hydrogen) atoms. The Morgan fingerprint density at radius 3 is 2.00 bits per heavy atom. The van der Waals surface area contributed by atoms with Gasteiger partial charge < -0.3 is 9.64 Å². The lowest BCUT2D eigenvalue weighted by atomic mass is 9.86. The Labute approximate surface area is 236 Å². The second-order valence-electron chi connectivity index (χ2n) is 11.2. The van der Waals surface area contributed by atoms with Gasteiger partial charge in [0.05, 0.1) is 5.41 Å². The molecule has 0 heterocycles. The number of allylic oxidation sites excluding steroid dienone is 5. The van der Waals surface area contributed by atoms with Crippen LogP contribution in [0.3, 0.4) is 0 Å². The van der Waals surface area contributed by atoms with Gasteiger partial charge in [0.25, 0.3) is 0 Å². The number of likely N-dealkylation sites (N-methyl/N-ethyl adjacent to an activating group) is 1. The number of aryl methyl sites for hydroxylation is 3. The second-order valence-corrected chi connectivity index (χ2v) is 11.2. The molecule has 4 nitrogen and oxygen atoms in total. The van der Waals surface area contributed by atoms with Crippen LogP contribution in [-0.2, 0) is 9.53 Å². The summed E-state index contributed by atoms with van der Waals surface area (Å²) >= 11 is 0. The van der Waals surface area contributed by atoms with Gasteiger partial charge in [0.1, 0.15) is 13.7 Å². The molecule has 0 fully saturated rings. The normalized spacial score (nSPS) is 13.1. The second kappa shape index (κ2) is 13.1. The number of nitrogens with zero attached hydrogens (tertiary/aromatic N) is 2. The number of esters is 1. The largest absolute Gasteiger partial charge is 0.459 e. The molecule has 3 rings (SSSR count). The minimum atomic E-state index is -0.442. The highest BCUT2D eigenvalue weighted by molar-refractivity contribution is 6.04. The van der Waals surface area contributed by atoms with Crippen molar-refractivity contribution < 1.29 is 14.1 Å². The molecule has 0 aromatic heterocycles. The summed E-state index contributed by atoms with van der Waals surface area (Å²) in [5.41, 5.74) is 10.7. The van der Waals surface area contributed by atoms with Gasteiger partial charge in [-0.2, -0.15) is 0 Å². The summed E-state index contributed by atoms with van der Waals surface area (Å²) < 4.78 is 7.69. The molecule has 1 aliphatic carbocycles. The van der Waals surface area contributed by atoms with E-state index in [2.05, 4.69) is 105 Å². The van der Waals surface area contributed by atoms with E-state index in [1.54, 1.807) is 0 Å². The SMILES string of the molecule is CCN(CC)c1ccc(C(=C2C=CC(=[N+](C)CCOC(=O)C(C)(C)CC)C=C2)c2ccc(C)cc2C)c(C)c1. The summed E-state index contributed by atoms with van der Waals surface area (Å²) in [6, 6.07) is 13.6. The third-order valence-corrected chi connectivity index (χ3v) is 7.95. The number of benzene rings is 2. The number of anilines is 1. The molecule has 4 heteroatoms. The molecule has 2 aromatic rings. The molecule has 0 spiro atoms. The molecule has 0 atom stereocenters. The fraction of sp³-hybridized carbons (Fsp3) is 0.429. The minimum absolute atomic E-state index is 0.135. The summed E-state index contributed by atoms with van der Waals surface area (Å²) in [6.07, 6.45) is 9.52. The van der Waals surface area contributed by atoms with Gasteiger partial charge in [0.15, 0.2) is 12.3 Å². The van der Waals surface area contributed by atoms with Crippen LogP contribution in [-0.4, -0.2) is 49.5 Å². The Balaban J connectivity index is 1.97. The molecular weight excluding hydrogens is 480 g/mol. The lowest BCUT2D eigenvalue weighted by molar-refractivity contribution is -0.498. The van der Waals surface area contributed by atoms with Gasteiger partial charge in [-0.3, -0.25) is 4.79 Å². The predicted molar refractivity (Wildman–Crippen MR) is 166 cm³/mol. The van der Waals surface area contributed by atoms with Gasteiger partial charge in [-0.1, -0.05) is 36.8 Å². The maximum absolute atomic E-state index is 12.3. The van der Waals surface area contributed by atoms with E-state index in [1.807, 2.05) is 27.8 Å². The summed E-state index contributed by atoms with van der Waals surface area (Å²) in [5.74, 6) is -0.135. The van der Waals surface area contributed by atoms with Crippen molar-refractivity contribution in [2.75, 3.05) is 38.2 Å². The standard InChI is InChI=1S/C35H47N2O2/c1-10-35(7,8)34(38)39-22-21-36(9)29-16-14-28(15-17-29)33(31-19-13-25(4)23-26(31)5)32-20-18-30(24-27(32)6)37(11-2)12-3/h13-20,23-24H,10-12,21-22H2,1-9H3/q+1. The first-order valence-electron chi connectivity index (χ1n) is 14.3. The van der Waals surface area contributed by atoms with Crippen molar-refractivity contribution in [2.45, 2.75) is 61.8 Å². The monoisotopic (exact) mass is 527 g/mol. The molecule has 0 bridgehead atoms. The summed E-state index contributed by atoms with van der Waals surface area (Å²) in [4.78, 5) is 14.7. The highest BCUT2D eigenvalue weighted by Crippen LogP contribution is 2.35. The Kier molecular flexibility index (Phi) is 10.1. The lowest BCUT2D eigenvalue weighted by Crippen LogP contribution is -2.28. The zero-order chi connectivity index (χ0) is 28.7. The van der Waals surface area contributed by atoms with Crippen LogP contribution in [0.4, 0.5) is 5.69 Å². The average molecular weight is 528 g/mol. The van der Waals surface area contributed by atoms with E-state index in [-0.39, 0.29) is 5.97 Å². The van der Waals surface area contributed by atoms with Gasteiger partial charge in [0.2, 0.25) is 0 Å². The molecule has 0 saturated heterocycles. The van der Waals surface area contributed by atoms with E-state index in [1.165, 1.54) is 44.7 Å². The van der Waals surface area contributed by atoms with Crippen LogP contribution in [0, 0.1) is 26.2 Å². The summed E-state index contributed by atoms with van der Waals surface area (Å²) in [6.45, 7) is 19.8. The van der Waals surface area contributed by atoms with Crippen LogP contribution in [0.15, 0.2) is 66.3 Å². The number of ether oxygens (including phenoxy) is 1. The lowest BCUT2D eigenvalue weighted by Gasteiger charge is -2.24. The van der Waals surface area contributed by atoms with Crippen molar-refractivity contribution in [3.63, 3.8) is 0 Å².